The molecule has 1 amide bonds. The molecule has 0 aromatic heterocycles. The van der Waals surface area contributed by atoms with Gasteiger partial charge in [-0.3, -0.25) is 4.79 Å². The van der Waals surface area contributed by atoms with Crippen LogP contribution in [-0.4, -0.2) is 42.6 Å². The average Bonchev–Trinajstić information content (AvgIpc) is 2.21. The van der Waals surface area contributed by atoms with Gasteiger partial charge in [-0.15, -0.1) is 0 Å². The van der Waals surface area contributed by atoms with E-state index < -0.39 is 0 Å². The minimum Gasteiger partial charge on any atom is -0.362 e. The molecular formula is C10H21N3OS. The second-order valence-corrected chi connectivity index (χ2v) is 4.27. The summed E-state index contributed by atoms with van der Waals surface area (Å²) in [4.78, 5) is 13.0. The number of likely N-dealkylation sites (N-methyl/N-ethyl adjacent to an activating group) is 1. The molecule has 0 unspecified atom stereocenters. The van der Waals surface area contributed by atoms with Crippen LogP contribution in [-0.2, 0) is 4.79 Å². The number of rotatable bonds is 5. The third-order valence-corrected chi connectivity index (χ3v) is 2.26. The van der Waals surface area contributed by atoms with E-state index in [0.29, 0.717) is 17.6 Å². The number of hydrogen-bond acceptors (Lipinski definition) is 2. The van der Waals surface area contributed by atoms with E-state index in [4.69, 9.17) is 12.2 Å². The van der Waals surface area contributed by atoms with Crippen molar-refractivity contribution in [3.63, 3.8) is 0 Å². The molecular weight excluding hydrogens is 210 g/mol. The first-order chi connectivity index (χ1) is 6.97. The first-order valence-corrected chi connectivity index (χ1v) is 5.63. The van der Waals surface area contributed by atoms with Crippen molar-refractivity contribution < 1.29 is 4.79 Å². The lowest BCUT2D eigenvalue weighted by Gasteiger charge is -2.16. The second-order valence-electron chi connectivity index (χ2n) is 3.87. The van der Waals surface area contributed by atoms with Crippen molar-refractivity contribution in [2.75, 3.05) is 26.7 Å². The van der Waals surface area contributed by atoms with Crippen molar-refractivity contribution in [3.05, 3.63) is 0 Å². The Morgan fingerprint density at radius 2 is 2.00 bits per heavy atom. The number of carbonyl (C=O) groups excluding carboxylic acids is 1. The molecule has 0 fully saturated rings. The Morgan fingerprint density at radius 3 is 2.47 bits per heavy atom. The molecule has 0 saturated heterocycles. The molecule has 15 heavy (non-hydrogen) atoms. The van der Waals surface area contributed by atoms with Gasteiger partial charge >= 0.3 is 0 Å². The third kappa shape index (κ3) is 7.13. The molecule has 0 spiro atoms. The smallest absolute Gasteiger partial charge is 0.241 e. The standard InChI is InChI=1S/C10H21N3OS/c1-5-13(4)9(14)7-12-10(15)11-6-8(2)3/h8H,5-7H2,1-4H3,(H2,11,12,15). The summed E-state index contributed by atoms with van der Waals surface area (Å²) in [6.07, 6.45) is 0. The molecule has 0 aliphatic carbocycles. The highest BCUT2D eigenvalue weighted by Crippen LogP contribution is 1.87. The summed E-state index contributed by atoms with van der Waals surface area (Å²) in [6.45, 7) is 7.94. The predicted molar refractivity (Wildman–Crippen MR) is 66.8 cm³/mol. The Kier molecular flexibility index (Phi) is 7.03. The molecule has 0 aromatic carbocycles. The molecule has 0 aliphatic rings. The van der Waals surface area contributed by atoms with Crippen LogP contribution in [0, 0.1) is 5.92 Å². The van der Waals surface area contributed by atoms with Crippen LogP contribution in [0.25, 0.3) is 0 Å². The van der Waals surface area contributed by atoms with Gasteiger partial charge in [-0.25, -0.2) is 0 Å². The molecule has 0 radical (unpaired) electrons. The maximum Gasteiger partial charge on any atom is 0.241 e. The molecule has 0 heterocycles. The van der Waals surface area contributed by atoms with E-state index in [2.05, 4.69) is 24.5 Å². The molecule has 0 saturated carbocycles. The molecule has 2 N–H and O–H groups in total. The van der Waals surface area contributed by atoms with Gasteiger partial charge in [-0.2, -0.15) is 0 Å². The minimum absolute atomic E-state index is 0.0474. The Labute approximate surface area is 97.4 Å². The fraction of sp³-hybridized carbons (Fsp3) is 0.800. The van der Waals surface area contributed by atoms with Gasteiger partial charge in [0, 0.05) is 20.1 Å². The highest BCUT2D eigenvalue weighted by molar-refractivity contribution is 7.80. The first-order valence-electron chi connectivity index (χ1n) is 5.23. The molecule has 88 valence electrons. The largest absolute Gasteiger partial charge is 0.362 e. The van der Waals surface area contributed by atoms with Crippen LogP contribution in [0.1, 0.15) is 20.8 Å². The van der Waals surface area contributed by atoms with Gasteiger partial charge in [0.25, 0.3) is 0 Å². The fourth-order valence-electron chi connectivity index (χ4n) is 0.827. The Morgan fingerprint density at radius 1 is 1.40 bits per heavy atom. The first kappa shape index (κ1) is 14.2. The van der Waals surface area contributed by atoms with E-state index in [0.717, 1.165) is 6.54 Å². The van der Waals surface area contributed by atoms with Crippen LogP contribution in [0.4, 0.5) is 0 Å². The normalized spacial score (nSPS) is 9.93. The van der Waals surface area contributed by atoms with Gasteiger partial charge in [0.05, 0.1) is 6.54 Å². The zero-order valence-corrected chi connectivity index (χ0v) is 10.8. The summed E-state index contributed by atoms with van der Waals surface area (Å²) in [5, 5.41) is 6.47. The lowest BCUT2D eigenvalue weighted by molar-refractivity contribution is -0.128. The monoisotopic (exact) mass is 231 g/mol. The number of nitrogens with zero attached hydrogens (tertiary/aromatic N) is 1. The fourth-order valence-corrected chi connectivity index (χ4v) is 0.982. The van der Waals surface area contributed by atoms with Gasteiger partial charge in [-0.1, -0.05) is 13.8 Å². The maximum atomic E-state index is 11.4. The summed E-state index contributed by atoms with van der Waals surface area (Å²) in [6, 6.07) is 0. The number of thiocarbonyl (C=S) groups is 1. The lowest BCUT2D eigenvalue weighted by atomic mass is 10.2. The Balaban J connectivity index is 3.67. The van der Waals surface area contributed by atoms with E-state index in [1.54, 1.807) is 11.9 Å². The molecule has 4 nitrogen and oxygen atoms in total. The summed E-state index contributed by atoms with van der Waals surface area (Å²) >= 11 is 5.02. The second kappa shape index (κ2) is 7.45. The highest BCUT2D eigenvalue weighted by atomic mass is 32.1. The topological polar surface area (TPSA) is 44.4 Å². The van der Waals surface area contributed by atoms with Crippen LogP contribution in [0.2, 0.25) is 0 Å². The highest BCUT2D eigenvalue weighted by Gasteiger charge is 2.06. The molecule has 5 heteroatoms. The van der Waals surface area contributed by atoms with Crippen LogP contribution in [0.15, 0.2) is 0 Å². The molecule has 0 atom stereocenters. The van der Waals surface area contributed by atoms with E-state index >= 15 is 0 Å². The van der Waals surface area contributed by atoms with Gasteiger partial charge in [-0.05, 0) is 25.1 Å². The number of carbonyl (C=O) groups is 1. The molecule has 0 bridgehead atoms. The SMILES string of the molecule is CCN(C)C(=O)CNC(=S)NCC(C)C. The average molecular weight is 231 g/mol. The number of nitrogens with one attached hydrogen (secondary N) is 2. The zero-order valence-electron chi connectivity index (χ0n) is 9.96. The van der Waals surface area contributed by atoms with Gasteiger partial charge in [0.2, 0.25) is 5.91 Å². The third-order valence-electron chi connectivity index (χ3n) is 1.97. The Bertz CT molecular complexity index is 219. The molecule has 0 aliphatic heterocycles. The van der Waals surface area contributed by atoms with Crippen molar-refractivity contribution >= 4 is 23.2 Å². The minimum atomic E-state index is 0.0474. The van der Waals surface area contributed by atoms with Crippen LogP contribution < -0.4 is 10.6 Å². The number of amides is 1. The molecule has 0 rings (SSSR count). The van der Waals surface area contributed by atoms with Crippen LogP contribution in [0.3, 0.4) is 0 Å². The van der Waals surface area contributed by atoms with E-state index in [-0.39, 0.29) is 12.5 Å². The van der Waals surface area contributed by atoms with Crippen LogP contribution in [0.5, 0.6) is 0 Å². The Hall–Kier alpha value is -0.840. The van der Waals surface area contributed by atoms with Crippen molar-refractivity contribution in [2.24, 2.45) is 5.92 Å². The van der Waals surface area contributed by atoms with E-state index in [9.17, 15) is 4.79 Å². The summed E-state index contributed by atoms with van der Waals surface area (Å²) in [7, 11) is 1.77. The number of hydrogen-bond donors (Lipinski definition) is 2. The van der Waals surface area contributed by atoms with Crippen molar-refractivity contribution in [1.29, 1.82) is 0 Å². The van der Waals surface area contributed by atoms with Crippen molar-refractivity contribution in [2.45, 2.75) is 20.8 Å². The summed E-state index contributed by atoms with van der Waals surface area (Å²) in [5.74, 6) is 0.588. The molecule has 0 aromatic rings. The van der Waals surface area contributed by atoms with Gasteiger partial charge in [0.1, 0.15) is 0 Å². The van der Waals surface area contributed by atoms with Gasteiger partial charge in [0.15, 0.2) is 5.11 Å². The van der Waals surface area contributed by atoms with E-state index in [1.807, 2.05) is 6.92 Å². The predicted octanol–water partition coefficient (Wildman–Crippen LogP) is 0.585. The summed E-state index contributed by atoms with van der Waals surface area (Å²) in [5.41, 5.74) is 0. The van der Waals surface area contributed by atoms with E-state index in [1.165, 1.54) is 0 Å². The van der Waals surface area contributed by atoms with Crippen LogP contribution >= 0.6 is 12.2 Å². The van der Waals surface area contributed by atoms with Crippen molar-refractivity contribution in [3.8, 4) is 0 Å². The zero-order chi connectivity index (χ0) is 11.8. The van der Waals surface area contributed by atoms with Crippen molar-refractivity contribution in [1.82, 2.24) is 15.5 Å². The quantitative estimate of drug-likeness (QED) is 0.680. The summed E-state index contributed by atoms with van der Waals surface area (Å²) < 4.78 is 0. The lowest BCUT2D eigenvalue weighted by Crippen LogP contribution is -2.43. The van der Waals surface area contributed by atoms with Gasteiger partial charge < -0.3 is 15.5 Å². The maximum absolute atomic E-state index is 11.4.